The van der Waals surface area contributed by atoms with E-state index < -0.39 is 52.1 Å². The molecule has 1 unspecified atom stereocenters. The van der Waals surface area contributed by atoms with Gasteiger partial charge in [-0.25, -0.2) is 26.7 Å². The van der Waals surface area contributed by atoms with Gasteiger partial charge in [0, 0.05) is 0 Å². The van der Waals surface area contributed by atoms with Crippen molar-refractivity contribution in [3.05, 3.63) is 34.6 Å². The summed E-state index contributed by atoms with van der Waals surface area (Å²) in [5.74, 6) is -12.6. The van der Waals surface area contributed by atoms with Crippen LogP contribution in [0.5, 0.6) is 0 Å². The Bertz CT molecular complexity index is 534. The summed E-state index contributed by atoms with van der Waals surface area (Å²) >= 11 is 0. The first-order valence-electron chi connectivity index (χ1n) is 6.24. The molecule has 0 spiro atoms. The van der Waals surface area contributed by atoms with Gasteiger partial charge < -0.3 is 4.74 Å². The first kappa shape index (κ1) is 17.4. The third-order valence-corrected chi connectivity index (χ3v) is 3.00. The minimum atomic E-state index is -2.32. The molecule has 1 atom stereocenters. The smallest absolute Gasteiger partial charge is 0.344 e. The summed E-state index contributed by atoms with van der Waals surface area (Å²) in [7, 11) is 0. The van der Waals surface area contributed by atoms with E-state index in [0.29, 0.717) is 6.42 Å². The second kappa shape index (κ2) is 5.99. The molecule has 7 heteroatoms. The van der Waals surface area contributed by atoms with Crippen molar-refractivity contribution in [2.75, 3.05) is 0 Å². The maximum atomic E-state index is 13.5. The van der Waals surface area contributed by atoms with Gasteiger partial charge in [0.25, 0.3) is 0 Å². The van der Waals surface area contributed by atoms with E-state index in [2.05, 4.69) is 0 Å². The molecule has 0 aliphatic carbocycles. The number of hydrogen-bond donors (Lipinski definition) is 0. The van der Waals surface area contributed by atoms with Crippen molar-refractivity contribution in [1.82, 2.24) is 0 Å². The first-order chi connectivity index (χ1) is 9.52. The van der Waals surface area contributed by atoms with Crippen LogP contribution in [0, 0.1) is 34.5 Å². The second-order valence-corrected chi connectivity index (χ2v) is 5.61. The van der Waals surface area contributed by atoms with E-state index in [1.165, 1.54) is 0 Å². The van der Waals surface area contributed by atoms with Crippen LogP contribution < -0.4 is 0 Å². The topological polar surface area (TPSA) is 26.3 Å². The lowest BCUT2D eigenvalue weighted by atomic mass is 9.87. The molecule has 1 aromatic rings. The third-order valence-electron chi connectivity index (χ3n) is 3.00. The van der Waals surface area contributed by atoms with Crippen molar-refractivity contribution in [2.24, 2.45) is 5.41 Å². The lowest BCUT2D eigenvalue weighted by molar-refractivity contribution is -0.00518. The minimum Gasteiger partial charge on any atom is -0.458 e. The standard InChI is InChI=1S/C14H15F5O2/c1-5-6(14(2,3)4)21-13(20)7-8(15)10(17)12(19)11(18)9(7)16/h6H,5H2,1-4H3. The number of carbonyl (C=O) groups excluding carboxylic acids is 1. The zero-order valence-corrected chi connectivity index (χ0v) is 12.0. The number of rotatable bonds is 3. The molecule has 0 radical (unpaired) electrons. The van der Waals surface area contributed by atoms with Crippen LogP contribution in [0.15, 0.2) is 0 Å². The van der Waals surface area contributed by atoms with Crippen molar-refractivity contribution in [2.45, 2.75) is 40.2 Å². The van der Waals surface area contributed by atoms with Crippen LogP contribution in [0.4, 0.5) is 22.0 Å². The Hall–Kier alpha value is -1.66. The van der Waals surface area contributed by atoms with E-state index in [9.17, 15) is 26.7 Å². The van der Waals surface area contributed by atoms with E-state index >= 15 is 0 Å². The Morgan fingerprint density at radius 1 is 0.952 bits per heavy atom. The van der Waals surface area contributed by atoms with E-state index in [0.717, 1.165) is 0 Å². The maximum Gasteiger partial charge on any atom is 0.344 e. The van der Waals surface area contributed by atoms with Gasteiger partial charge in [0.2, 0.25) is 5.82 Å². The molecule has 0 fully saturated rings. The number of halogens is 5. The molecule has 0 amide bonds. The van der Waals surface area contributed by atoms with Crippen LogP contribution in [0.1, 0.15) is 44.5 Å². The normalized spacial score (nSPS) is 13.2. The highest BCUT2D eigenvalue weighted by molar-refractivity contribution is 5.90. The third kappa shape index (κ3) is 3.33. The summed E-state index contributed by atoms with van der Waals surface area (Å²) in [6.07, 6.45) is -0.412. The Labute approximate surface area is 118 Å². The molecule has 118 valence electrons. The van der Waals surface area contributed by atoms with E-state index in [1.807, 2.05) is 0 Å². The van der Waals surface area contributed by atoms with Crippen LogP contribution in [0.3, 0.4) is 0 Å². The lowest BCUT2D eigenvalue weighted by Gasteiger charge is -2.29. The predicted octanol–water partition coefficient (Wildman–Crippen LogP) is 4.36. The zero-order valence-electron chi connectivity index (χ0n) is 12.0. The van der Waals surface area contributed by atoms with Gasteiger partial charge in [0.15, 0.2) is 23.3 Å². The average Bonchev–Trinajstić information content (AvgIpc) is 2.39. The molecule has 0 aromatic heterocycles. The zero-order chi connectivity index (χ0) is 16.5. The van der Waals surface area contributed by atoms with Crippen molar-refractivity contribution >= 4 is 5.97 Å². The monoisotopic (exact) mass is 310 g/mol. The van der Waals surface area contributed by atoms with Crippen LogP contribution in [-0.4, -0.2) is 12.1 Å². The van der Waals surface area contributed by atoms with Gasteiger partial charge in [-0.2, -0.15) is 0 Å². The van der Waals surface area contributed by atoms with Gasteiger partial charge in [-0.3, -0.25) is 0 Å². The lowest BCUT2D eigenvalue weighted by Crippen LogP contribution is -2.32. The number of hydrogen-bond acceptors (Lipinski definition) is 2. The number of carbonyl (C=O) groups is 1. The van der Waals surface area contributed by atoms with E-state index in [-0.39, 0.29) is 0 Å². The fourth-order valence-corrected chi connectivity index (χ4v) is 1.84. The molecule has 21 heavy (non-hydrogen) atoms. The van der Waals surface area contributed by atoms with Gasteiger partial charge >= 0.3 is 5.97 Å². The molecule has 2 nitrogen and oxygen atoms in total. The van der Waals surface area contributed by atoms with Crippen molar-refractivity contribution in [1.29, 1.82) is 0 Å². The van der Waals surface area contributed by atoms with Gasteiger partial charge in [0.1, 0.15) is 11.7 Å². The molecule has 0 aliphatic heterocycles. The predicted molar refractivity (Wildman–Crippen MR) is 65.2 cm³/mol. The summed E-state index contributed by atoms with van der Waals surface area (Å²) in [5, 5.41) is 0. The Morgan fingerprint density at radius 2 is 1.33 bits per heavy atom. The number of ether oxygens (including phenoxy) is 1. The van der Waals surface area contributed by atoms with Crippen molar-refractivity contribution < 1.29 is 31.5 Å². The van der Waals surface area contributed by atoms with Gasteiger partial charge in [-0.1, -0.05) is 27.7 Å². The fourth-order valence-electron chi connectivity index (χ4n) is 1.84. The second-order valence-electron chi connectivity index (χ2n) is 5.61. The minimum absolute atomic E-state index is 0.324. The Kier molecular flexibility index (Phi) is 4.96. The van der Waals surface area contributed by atoms with E-state index in [4.69, 9.17) is 4.74 Å². The number of benzene rings is 1. The van der Waals surface area contributed by atoms with Crippen LogP contribution in [-0.2, 0) is 4.74 Å². The van der Waals surface area contributed by atoms with Crippen molar-refractivity contribution in [3.8, 4) is 0 Å². The summed E-state index contributed by atoms with van der Waals surface area (Å²) in [4.78, 5) is 11.8. The molecule has 1 rings (SSSR count). The average molecular weight is 310 g/mol. The van der Waals surface area contributed by atoms with Gasteiger partial charge in [-0.15, -0.1) is 0 Å². The fraction of sp³-hybridized carbons (Fsp3) is 0.500. The molecule has 0 saturated carbocycles. The van der Waals surface area contributed by atoms with E-state index in [1.54, 1.807) is 27.7 Å². The molecule has 0 N–H and O–H groups in total. The molecule has 0 bridgehead atoms. The molecule has 0 heterocycles. The van der Waals surface area contributed by atoms with Gasteiger partial charge in [-0.05, 0) is 11.8 Å². The summed E-state index contributed by atoms with van der Waals surface area (Å²) in [6, 6.07) is 0. The van der Waals surface area contributed by atoms with Crippen LogP contribution >= 0.6 is 0 Å². The highest BCUT2D eigenvalue weighted by Crippen LogP contribution is 2.28. The number of esters is 1. The van der Waals surface area contributed by atoms with Crippen molar-refractivity contribution in [3.63, 3.8) is 0 Å². The van der Waals surface area contributed by atoms with Gasteiger partial charge in [0.05, 0.1) is 0 Å². The highest BCUT2D eigenvalue weighted by Gasteiger charge is 2.34. The molecule has 1 aromatic carbocycles. The largest absolute Gasteiger partial charge is 0.458 e. The summed E-state index contributed by atoms with van der Waals surface area (Å²) < 4.78 is 70.8. The highest BCUT2D eigenvalue weighted by atomic mass is 19.2. The first-order valence-corrected chi connectivity index (χ1v) is 6.24. The Morgan fingerprint density at radius 3 is 1.67 bits per heavy atom. The quantitative estimate of drug-likeness (QED) is 0.359. The molecule has 0 aliphatic rings. The molecular formula is C14H15F5O2. The van der Waals surface area contributed by atoms with Crippen LogP contribution in [0.2, 0.25) is 0 Å². The summed E-state index contributed by atoms with van der Waals surface area (Å²) in [6.45, 7) is 6.81. The maximum absolute atomic E-state index is 13.5. The molecule has 0 saturated heterocycles. The SMILES string of the molecule is CCC(OC(=O)c1c(F)c(F)c(F)c(F)c1F)C(C)(C)C. The summed E-state index contributed by atoms with van der Waals surface area (Å²) in [5.41, 5.74) is -2.12. The van der Waals surface area contributed by atoms with Crippen LogP contribution in [0.25, 0.3) is 0 Å². The Balaban J connectivity index is 3.26. The molecular weight excluding hydrogens is 295 g/mol.